The van der Waals surface area contributed by atoms with Gasteiger partial charge < -0.3 is 9.84 Å². The fraction of sp³-hybridized carbons (Fsp3) is 0.375. The van der Waals surface area contributed by atoms with E-state index in [-0.39, 0.29) is 19.0 Å². The smallest absolute Gasteiger partial charge is 0.311 e. The fourth-order valence-corrected chi connectivity index (χ4v) is 1.31. The van der Waals surface area contributed by atoms with Crippen molar-refractivity contribution >= 4 is 14.2 Å². The number of aliphatic hydroxyl groups excluding tert-OH is 1. The Balaban J connectivity index is 2.37. The number of rotatable bonds is 4. The highest BCUT2D eigenvalue weighted by atomic mass is 31.0. The molecular formula is C8H10NO3P. The zero-order chi connectivity index (χ0) is 9.52. The number of esters is 1. The van der Waals surface area contributed by atoms with Crippen LogP contribution < -0.4 is 4.74 Å². The van der Waals surface area contributed by atoms with Crippen LogP contribution in [0.2, 0.25) is 0 Å². The Morgan fingerprint density at radius 1 is 1.69 bits per heavy atom. The molecule has 0 saturated heterocycles. The largest absolute Gasteiger partial charge is 0.420 e. The molecule has 1 aromatic rings. The van der Waals surface area contributed by atoms with Gasteiger partial charge in [-0.3, -0.25) is 9.78 Å². The Bertz CT molecular complexity index is 265. The van der Waals surface area contributed by atoms with E-state index < -0.39 is 0 Å². The normalized spacial score (nSPS) is 10.2. The summed E-state index contributed by atoms with van der Waals surface area (Å²) in [5.74, 6) is 1.47. The molecule has 1 aromatic heterocycles. The van der Waals surface area contributed by atoms with Crippen molar-refractivity contribution < 1.29 is 14.6 Å². The molecule has 0 unspecified atom stereocenters. The summed E-state index contributed by atoms with van der Waals surface area (Å²) < 4.78 is 4.95. The zero-order valence-corrected chi connectivity index (χ0v) is 7.91. The average molecular weight is 199 g/mol. The molecule has 0 aliphatic rings. The third kappa shape index (κ3) is 3.97. The summed E-state index contributed by atoms with van der Waals surface area (Å²) in [5, 5.41) is 8.47. The predicted octanol–water partition coefficient (Wildman–Crippen LogP) is 1.34. The summed E-state index contributed by atoms with van der Waals surface area (Å²) in [7, 11) is 0.839. The number of carbonyl (C=O) groups excluding carboxylic acids is 1. The first-order chi connectivity index (χ1) is 6.33. The molecule has 4 nitrogen and oxygen atoms in total. The first-order valence-electron chi connectivity index (χ1n) is 3.90. The van der Waals surface area contributed by atoms with Crippen molar-refractivity contribution in [1.29, 1.82) is 0 Å². The summed E-state index contributed by atoms with van der Waals surface area (Å²) in [6, 6.07) is 0. The third-order valence-corrected chi connectivity index (χ3v) is 2.04. The molecule has 0 aromatic carbocycles. The van der Waals surface area contributed by atoms with Gasteiger partial charge in [-0.2, -0.15) is 0 Å². The van der Waals surface area contributed by atoms with Crippen LogP contribution in [0.15, 0.2) is 18.2 Å². The van der Waals surface area contributed by atoms with E-state index in [0.717, 1.165) is 8.19 Å². The Morgan fingerprint density at radius 3 is 3.15 bits per heavy atom. The van der Waals surface area contributed by atoms with Crippen LogP contribution in [0.1, 0.15) is 12.8 Å². The van der Waals surface area contributed by atoms with Crippen molar-refractivity contribution in [2.45, 2.75) is 12.8 Å². The summed E-state index contributed by atoms with van der Waals surface area (Å²) in [5.41, 5.74) is 0.533. The van der Waals surface area contributed by atoms with Crippen molar-refractivity contribution in [2.24, 2.45) is 0 Å². The van der Waals surface area contributed by atoms with Crippen molar-refractivity contribution in [3.8, 4) is 5.48 Å². The number of aromatic nitrogens is 1. The lowest BCUT2D eigenvalue weighted by molar-refractivity contribution is -0.134. The van der Waals surface area contributed by atoms with Crippen LogP contribution >= 0.6 is 8.19 Å². The molecule has 13 heavy (non-hydrogen) atoms. The van der Waals surface area contributed by atoms with Crippen LogP contribution in [0.25, 0.3) is 0 Å². The van der Waals surface area contributed by atoms with Crippen LogP contribution in [-0.4, -0.2) is 22.7 Å². The molecule has 0 atom stereocenters. The maximum Gasteiger partial charge on any atom is 0.311 e. The van der Waals surface area contributed by atoms with Crippen LogP contribution in [0.5, 0.6) is 5.48 Å². The molecule has 70 valence electrons. The molecule has 0 saturated carbocycles. The van der Waals surface area contributed by atoms with Crippen molar-refractivity contribution in [3.63, 3.8) is 0 Å². The van der Waals surface area contributed by atoms with E-state index in [4.69, 9.17) is 9.84 Å². The monoisotopic (exact) mass is 199 g/mol. The summed E-state index contributed by atoms with van der Waals surface area (Å²) in [6.45, 7) is 0.0101. The van der Waals surface area contributed by atoms with Crippen molar-refractivity contribution in [1.82, 2.24) is 4.98 Å². The summed E-state index contributed by atoms with van der Waals surface area (Å²) in [6.07, 6.45) is 3.84. The maximum absolute atomic E-state index is 11.0. The van der Waals surface area contributed by atoms with Crippen LogP contribution in [0.4, 0.5) is 0 Å². The lowest BCUT2D eigenvalue weighted by Crippen LogP contribution is -2.07. The first-order valence-corrected chi connectivity index (χ1v) is 4.87. The molecule has 1 rings (SSSR count). The Labute approximate surface area is 77.7 Å². The second-order valence-electron chi connectivity index (χ2n) is 2.34. The number of nitrogens with zero attached hydrogens (tertiary/aromatic N) is 1. The van der Waals surface area contributed by atoms with E-state index in [2.05, 4.69) is 4.98 Å². The van der Waals surface area contributed by atoms with Crippen LogP contribution in [0, 0.1) is 0 Å². The SMILES string of the molecule is O=C(CCCO)Oc1cnccp1. The van der Waals surface area contributed by atoms with Gasteiger partial charge in [-0.15, -0.1) is 0 Å². The molecular weight excluding hydrogens is 189 g/mol. The Hall–Kier alpha value is -0.990. The van der Waals surface area contributed by atoms with Crippen LogP contribution in [-0.2, 0) is 4.79 Å². The molecule has 5 heteroatoms. The minimum atomic E-state index is -0.321. The van der Waals surface area contributed by atoms with Gasteiger partial charge in [0.2, 0.25) is 0 Å². The molecule has 0 bridgehead atoms. The van der Waals surface area contributed by atoms with E-state index in [0.29, 0.717) is 11.9 Å². The number of hydrogen-bond acceptors (Lipinski definition) is 4. The second-order valence-corrected chi connectivity index (χ2v) is 3.34. The topological polar surface area (TPSA) is 59.4 Å². The minimum absolute atomic E-state index is 0.0101. The van der Waals surface area contributed by atoms with Gasteiger partial charge in [0.1, 0.15) is 0 Å². The van der Waals surface area contributed by atoms with E-state index in [1.807, 2.05) is 0 Å². The van der Waals surface area contributed by atoms with E-state index in [1.165, 1.54) is 6.20 Å². The zero-order valence-electron chi connectivity index (χ0n) is 7.01. The minimum Gasteiger partial charge on any atom is -0.420 e. The van der Waals surface area contributed by atoms with Gasteiger partial charge in [-0.25, -0.2) is 0 Å². The van der Waals surface area contributed by atoms with Crippen molar-refractivity contribution in [3.05, 3.63) is 18.2 Å². The fourth-order valence-electron chi connectivity index (χ4n) is 0.729. The van der Waals surface area contributed by atoms with Gasteiger partial charge >= 0.3 is 5.97 Å². The van der Waals surface area contributed by atoms with Gasteiger partial charge in [0.25, 0.3) is 0 Å². The molecule has 0 radical (unpaired) electrons. The highest BCUT2D eigenvalue weighted by Crippen LogP contribution is 2.20. The van der Waals surface area contributed by atoms with E-state index in [9.17, 15) is 4.79 Å². The number of ether oxygens (including phenoxy) is 1. The van der Waals surface area contributed by atoms with Gasteiger partial charge in [-0.1, -0.05) is 0 Å². The lowest BCUT2D eigenvalue weighted by atomic mass is 10.3. The first kappa shape index (κ1) is 10.1. The Morgan fingerprint density at radius 2 is 2.54 bits per heavy atom. The molecule has 0 aliphatic carbocycles. The lowest BCUT2D eigenvalue weighted by Gasteiger charge is -2.00. The number of carbonyl (C=O) groups is 1. The molecule has 0 spiro atoms. The Kier molecular flexibility index (Phi) is 4.36. The van der Waals surface area contributed by atoms with Gasteiger partial charge in [0, 0.05) is 19.2 Å². The highest BCUT2D eigenvalue weighted by Gasteiger charge is 2.03. The standard InChI is InChI=1S/C8H10NO3P/c10-4-1-2-7(11)12-8-6-9-3-5-13-8/h3,5-6,10H,1-2,4H2. The van der Waals surface area contributed by atoms with Crippen molar-refractivity contribution in [2.75, 3.05) is 6.61 Å². The number of aliphatic hydroxyl groups is 1. The highest BCUT2D eigenvalue weighted by molar-refractivity contribution is 7.31. The van der Waals surface area contributed by atoms with E-state index >= 15 is 0 Å². The quantitative estimate of drug-likeness (QED) is 0.743. The molecule has 0 fully saturated rings. The van der Waals surface area contributed by atoms with Gasteiger partial charge in [-0.05, 0) is 20.4 Å². The van der Waals surface area contributed by atoms with Crippen LogP contribution in [0.3, 0.4) is 0 Å². The number of hydrogen-bond donors (Lipinski definition) is 1. The predicted molar refractivity (Wildman–Crippen MR) is 48.7 cm³/mol. The molecule has 0 aliphatic heterocycles. The average Bonchev–Trinajstić information content (AvgIpc) is 2.16. The van der Waals surface area contributed by atoms with Gasteiger partial charge in [0.15, 0.2) is 5.48 Å². The molecule has 1 N–H and O–H groups in total. The molecule has 0 amide bonds. The second kappa shape index (κ2) is 5.62. The third-order valence-electron chi connectivity index (χ3n) is 1.30. The molecule has 1 heterocycles. The summed E-state index contributed by atoms with van der Waals surface area (Å²) >= 11 is 0. The maximum atomic E-state index is 11.0. The summed E-state index contributed by atoms with van der Waals surface area (Å²) in [4.78, 5) is 14.8. The van der Waals surface area contributed by atoms with E-state index in [1.54, 1.807) is 12.0 Å². The van der Waals surface area contributed by atoms with Gasteiger partial charge in [0.05, 0.1) is 6.20 Å².